The zero-order chi connectivity index (χ0) is 17.6. The summed E-state index contributed by atoms with van der Waals surface area (Å²) >= 11 is 0. The number of nitrogens with zero attached hydrogens (tertiary/aromatic N) is 1. The minimum Gasteiger partial charge on any atom is -0.247 e. The number of aromatic amines is 1. The Morgan fingerprint density at radius 3 is 2.08 bits per heavy atom. The van der Waals surface area contributed by atoms with Crippen LogP contribution in [0.3, 0.4) is 0 Å². The maximum absolute atomic E-state index is 3.55. The fourth-order valence-corrected chi connectivity index (χ4v) is 3.77. The summed E-state index contributed by atoms with van der Waals surface area (Å²) in [5.74, 6) is 2.16. The first-order valence-electron chi connectivity index (χ1n) is 10.8. The molecule has 0 saturated carbocycles. The van der Waals surface area contributed by atoms with E-state index in [1.165, 1.54) is 89.3 Å². The van der Waals surface area contributed by atoms with Crippen molar-refractivity contribution in [2.45, 2.75) is 123 Å². The van der Waals surface area contributed by atoms with Crippen LogP contribution in [-0.4, -0.2) is 4.98 Å². The van der Waals surface area contributed by atoms with Gasteiger partial charge in [-0.3, -0.25) is 0 Å². The molecule has 0 fully saturated rings. The Labute approximate surface area is 151 Å². The molecule has 1 heterocycles. The van der Waals surface area contributed by atoms with Crippen LogP contribution in [0.15, 0.2) is 12.4 Å². The van der Waals surface area contributed by atoms with Gasteiger partial charge in [0.25, 0.3) is 5.82 Å². The van der Waals surface area contributed by atoms with Gasteiger partial charge in [-0.15, -0.1) is 0 Å². The van der Waals surface area contributed by atoms with Gasteiger partial charge in [-0.25, -0.2) is 9.55 Å². The van der Waals surface area contributed by atoms with Gasteiger partial charge in [0.2, 0.25) is 0 Å². The molecule has 0 aliphatic heterocycles. The number of rotatable bonds is 15. The van der Waals surface area contributed by atoms with Crippen molar-refractivity contribution in [3.8, 4) is 0 Å². The molecular formula is C22H43N2+. The van der Waals surface area contributed by atoms with Crippen molar-refractivity contribution in [3.63, 3.8) is 0 Å². The molecule has 1 N–H and O–H groups in total. The fraction of sp³-hybridized carbons (Fsp3) is 0.864. The van der Waals surface area contributed by atoms with Gasteiger partial charge in [-0.05, 0) is 32.6 Å². The Morgan fingerprint density at radius 1 is 0.833 bits per heavy atom. The average molecular weight is 336 g/mol. The number of aromatic nitrogens is 2. The van der Waals surface area contributed by atoms with Crippen molar-refractivity contribution in [3.05, 3.63) is 18.2 Å². The van der Waals surface area contributed by atoms with E-state index in [9.17, 15) is 0 Å². The van der Waals surface area contributed by atoms with Gasteiger partial charge < -0.3 is 0 Å². The average Bonchev–Trinajstić information content (AvgIpc) is 3.08. The van der Waals surface area contributed by atoms with Crippen LogP contribution in [0.25, 0.3) is 0 Å². The largest absolute Gasteiger partial charge is 0.257 e. The van der Waals surface area contributed by atoms with E-state index in [1.54, 1.807) is 0 Å². The summed E-state index contributed by atoms with van der Waals surface area (Å²) in [6, 6.07) is 0.624. The van der Waals surface area contributed by atoms with Gasteiger partial charge in [0.1, 0.15) is 12.4 Å². The van der Waals surface area contributed by atoms with E-state index in [4.69, 9.17) is 0 Å². The van der Waals surface area contributed by atoms with E-state index in [0.29, 0.717) is 12.0 Å². The Hall–Kier alpha value is -0.790. The lowest BCUT2D eigenvalue weighted by molar-refractivity contribution is -0.727. The van der Waals surface area contributed by atoms with Gasteiger partial charge in [-0.1, -0.05) is 78.6 Å². The lowest BCUT2D eigenvalue weighted by Crippen LogP contribution is -2.41. The van der Waals surface area contributed by atoms with Crippen LogP contribution in [-0.2, 0) is 0 Å². The zero-order valence-corrected chi connectivity index (χ0v) is 16.9. The van der Waals surface area contributed by atoms with E-state index in [1.807, 2.05) is 0 Å². The lowest BCUT2D eigenvalue weighted by atomic mass is 9.96. The zero-order valence-electron chi connectivity index (χ0n) is 16.9. The molecular weight excluding hydrogens is 292 g/mol. The van der Waals surface area contributed by atoms with Gasteiger partial charge in [0, 0.05) is 0 Å². The molecule has 0 spiro atoms. The van der Waals surface area contributed by atoms with Crippen LogP contribution in [0.4, 0.5) is 0 Å². The van der Waals surface area contributed by atoms with Crippen LogP contribution in [0, 0.1) is 0 Å². The second-order valence-corrected chi connectivity index (χ2v) is 7.61. The van der Waals surface area contributed by atoms with E-state index >= 15 is 0 Å². The molecule has 2 atom stereocenters. The molecule has 0 bridgehead atoms. The Balaban J connectivity index is 2.34. The quantitative estimate of drug-likeness (QED) is 0.261. The van der Waals surface area contributed by atoms with Crippen molar-refractivity contribution >= 4 is 0 Å². The fourth-order valence-electron chi connectivity index (χ4n) is 3.77. The predicted octanol–water partition coefficient (Wildman–Crippen LogP) is 7.08. The topological polar surface area (TPSA) is 19.7 Å². The lowest BCUT2D eigenvalue weighted by Gasteiger charge is -2.15. The third-order valence-electron chi connectivity index (χ3n) is 5.48. The highest BCUT2D eigenvalue weighted by molar-refractivity contribution is 4.89. The molecule has 1 aromatic heterocycles. The van der Waals surface area contributed by atoms with Crippen molar-refractivity contribution in [2.24, 2.45) is 0 Å². The first-order chi connectivity index (χ1) is 11.7. The third kappa shape index (κ3) is 7.85. The van der Waals surface area contributed by atoms with Crippen molar-refractivity contribution in [1.29, 1.82) is 0 Å². The number of unbranched alkanes of at least 4 members (excludes halogenated alkanes) is 8. The molecule has 0 radical (unpaired) electrons. The van der Waals surface area contributed by atoms with Crippen molar-refractivity contribution in [1.82, 2.24) is 4.98 Å². The third-order valence-corrected chi connectivity index (χ3v) is 5.48. The second-order valence-electron chi connectivity index (χ2n) is 7.61. The summed E-state index contributed by atoms with van der Waals surface area (Å²) in [5.41, 5.74) is 0. The molecule has 0 aliphatic rings. The summed E-state index contributed by atoms with van der Waals surface area (Å²) in [6.45, 7) is 9.29. The first-order valence-corrected chi connectivity index (χ1v) is 10.8. The molecule has 0 aromatic carbocycles. The number of hydrogen-bond donors (Lipinski definition) is 1. The summed E-state index contributed by atoms with van der Waals surface area (Å²) < 4.78 is 2.51. The smallest absolute Gasteiger partial charge is 0.247 e. The maximum atomic E-state index is 3.55. The molecule has 0 saturated heterocycles. The van der Waals surface area contributed by atoms with Crippen LogP contribution in [0.1, 0.15) is 129 Å². The highest BCUT2D eigenvalue weighted by Gasteiger charge is 2.23. The van der Waals surface area contributed by atoms with E-state index in [0.717, 1.165) is 0 Å². The molecule has 2 heteroatoms. The predicted molar refractivity (Wildman–Crippen MR) is 105 cm³/mol. The highest BCUT2D eigenvalue weighted by atomic mass is 15.1. The molecule has 0 amide bonds. The summed E-state index contributed by atoms with van der Waals surface area (Å²) in [6.07, 6.45) is 22.2. The number of hydrogen-bond acceptors (Lipinski definition) is 0. The first kappa shape index (κ1) is 21.3. The normalized spacial score (nSPS) is 14.0. The van der Waals surface area contributed by atoms with E-state index < -0.39 is 0 Å². The number of imidazole rings is 1. The van der Waals surface area contributed by atoms with Crippen LogP contribution >= 0.6 is 0 Å². The van der Waals surface area contributed by atoms with Gasteiger partial charge >= 0.3 is 0 Å². The molecule has 1 rings (SSSR count). The number of nitrogens with one attached hydrogen (secondary N) is 1. The summed E-state index contributed by atoms with van der Waals surface area (Å²) in [7, 11) is 0. The number of H-pyrrole nitrogens is 1. The molecule has 24 heavy (non-hydrogen) atoms. The Bertz CT molecular complexity index is 396. The van der Waals surface area contributed by atoms with Gasteiger partial charge in [0.05, 0.1) is 12.0 Å². The molecule has 0 aliphatic carbocycles. The maximum Gasteiger partial charge on any atom is 0.257 e. The SMILES string of the molecule is CCCCCCCCCCC(CC)c1[nH]cc[n+]1C(C)CCCC. The van der Waals surface area contributed by atoms with Gasteiger partial charge in [0.15, 0.2) is 0 Å². The standard InChI is InChI=1S/C22H42N2/c1-5-8-10-11-12-13-14-15-17-21(7-3)22-23-18-19-24(22)20(4)16-9-6-2/h18-21H,5-17H2,1-4H3/p+1. The molecule has 2 unspecified atom stereocenters. The van der Waals surface area contributed by atoms with Crippen LogP contribution in [0.5, 0.6) is 0 Å². The highest BCUT2D eigenvalue weighted by Crippen LogP contribution is 2.24. The minimum atomic E-state index is 0.624. The van der Waals surface area contributed by atoms with Crippen molar-refractivity contribution in [2.75, 3.05) is 0 Å². The Morgan fingerprint density at radius 2 is 1.46 bits per heavy atom. The molecule has 140 valence electrons. The molecule has 2 nitrogen and oxygen atoms in total. The second kappa shape index (κ2) is 13.5. The summed E-state index contributed by atoms with van der Waals surface area (Å²) in [5, 5.41) is 0. The van der Waals surface area contributed by atoms with Gasteiger partial charge in [-0.2, -0.15) is 0 Å². The summed E-state index contributed by atoms with van der Waals surface area (Å²) in [4.78, 5) is 3.55. The molecule has 1 aromatic rings. The van der Waals surface area contributed by atoms with Crippen molar-refractivity contribution < 1.29 is 4.57 Å². The monoisotopic (exact) mass is 335 g/mol. The minimum absolute atomic E-state index is 0.624. The Kier molecular flexibility index (Phi) is 12.0. The van der Waals surface area contributed by atoms with Crippen LogP contribution < -0.4 is 4.57 Å². The van der Waals surface area contributed by atoms with E-state index in [-0.39, 0.29) is 0 Å². The van der Waals surface area contributed by atoms with E-state index in [2.05, 4.69) is 49.6 Å². The van der Waals surface area contributed by atoms with Crippen LogP contribution in [0.2, 0.25) is 0 Å².